The van der Waals surface area contributed by atoms with Gasteiger partial charge in [0.25, 0.3) is 0 Å². The Balaban J connectivity index is 1.78. The van der Waals surface area contributed by atoms with Crippen LogP contribution in [-0.2, 0) is 10.0 Å². The lowest BCUT2D eigenvalue weighted by Crippen LogP contribution is -2.31. The van der Waals surface area contributed by atoms with E-state index in [1.54, 1.807) is 31.4 Å². The maximum Gasteiger partial charge on any atom is 0.241 e. The summed E-state index contributed by atoms with van der Waals surface area (Å²) in [6.07, 6.45) is 0. The lowest BCUT2D eigenvalue weighted by molar-refractivity contribution is 0.415. The molecular weight excluding hydrogens is 476 g/mol. The smallest absolute Gasteiger partial charge is 0.241 e. The standard InChI is InChI=1S/C19H21BrN4O3S2/c1-12(2)17(24-29(25,26)16-10-4-13(20)5-11-16)18-22-23-19(28-18)21-14-6-8-15(27-3)9-7-14/h4-12,17,24H,1-3H3,(H,21,23). The highest BCUT2D eigenvalue weighted by Gasteiger charge is 2.27. The van der Waals surface area contributed by atoms with Crippen molar-refractivity contribution in [2.24, 2.45) is 5.92 Å². The van der Waals surface area contributed by atoms with Gasteiger partial charge in [-0.05, 0) is 54.4 Å². The summed E-state index contributed by atoms with van der Waals surface area (Å²) in [7, 11) is -2.08. The molecule has 0 spiro atoms. The first-order chi connectivity index (χ1) is 13.8. The first-order valence-corrected chi connectivity index (χ1v) is 11.9. The van der Waals surface area contributed by atoms with Crippen molar-refractivity contribution in [3.63, 3.8) is 0 Å². The van der Waals surface area contributed by atoms with Crippen molar-refractivity contribution in [3.8, 4) is 5.75 Å². The number of ether oxygens (including phenoxy) is 1. The van der Waals surface area contributed by atoms with Crippen LogP contribution in [0, 0.1) is 5.92 Å². The van der Waals surface area contributed by atoms with E-state index in [1.165, 1.54) is 11.3 Å². The fraction of sp³-hybridized carbons (Fsp3) is 0.263. The number of nitrogens with zero attached hydrogens (tertiary/aromatic N) is 2. The summed E-state index contributed by atoms with van der Waals surface area (Å²) in [5.74, 6) is 0.748. The summed E-state index contributed by atoms with van der Waals surface area (Å²) >= 11 is 4.63. The van der Waals surface area contributed by atoms with E-state index in [0.29, 0.717) is 10.1 Å². The number of anilines is 2. The maximum absolute atomic E-state index is 12.8. The molecule has 1 heterocycles. The molecule has 0 fully saturated rings. The van der Waals surface area contributed by atoms with Gasteiger partial charge in [0, 0.05) is 10.2 Å². The molecule has 0 bridgehead atoms. The number of sulfonamides is 1. The first kappa shape index (κ1) is 21.7. The summed E-state index contributed by atoms with van der Waals surface area (Å²) in [5.41, 5.74) is 0.838. The van der Waals surface area contributed by atoms with Gasteiger partial charge in [-0.25, -0.2) is 13.1 Å². The molecule has 3 rings (SSSR count). The molecule has 0 aliphatic heterocycles. The van der Waals surface area contributed by atoms with Crippen molar-refractivity contribution in [1.29, 1.82) is 0 Å². The van der Waals surface area contributed by atoms with Crippen molar-refractivity contribution < 1.29 is 13.2 Å². The average Bonchev–Trinajstić information content (AvgIpc) is 3.15. The Labute approximate surface area is 182 Å². The zero-order valence-electron chi connectivity index (χ0n) is 16.1. The van der Waals surface area contributed by atoms with Gasteiger partial charge in [0.05, 0.1) is 18.0 Å². The molecule has 1 aromatic heterocycles. The van der Waals surface area contributed by atoms with Crippen molar-refractivity contribution in [3.05, 3.63) is 58.0 Å². The van der Waals surface area contributed by atoms with Gasteiger partial charge >= 0.3 is 0 Å². The van der Waals surface area contributed by atoms with Crippen LogP contribution in [0.4, 0.5) is 10.8 Å². The highest BCUT2D eigenvalue weighted by molar-refractivity contribution is 9.10. The van der Waals surface area contributed by atoms with E-state index in [1.807, 2.05) is 38.1 Å². The van der Waals surface area contributed by atoms with Crippen molar-refractivity contribution in [1.82, 2.24) is 14.9 Å². The van der Waals surface area contributed by atoms with Gasteiger partial charge in [0.2, 0.25) is 15.2 Å². The number of hydrogen-bond donors (Lipinski definition) is 2. The average molecular weight is 497 g/mol. The van der Waals surface area contributed by atoms with E-state index in [-0.39, 0.29) is 10.8 Å². The van der Waals surface area contributed by atoms with E-state index in [9.17, 15) is 8.42 Å². The fourth-order valence-corrected chi connectivity index (χ4v) is 5.21. The van der Waals surface area contributed by atoms with Crippen LogP contribution in [0.15, 0.2) is 57.9 Å². The van der Waals surface area contributed by atoms with Crippen LogP contribution in [0.5, 0.6) is 5.75 Å². The van der Waals surface area contributed by atoms with E-state index in [4.69, 9.17) is 4.74 Å². The highest BCUT2D eigenvalue weighted by Crippen LogP contribution is 2.30. The van der Waals surface area contributed by atoms with Crippen molar-refractivity contribution in [2.45, 2.75) is 24.8 Å². The monoisotopic (exact) mass is 496 g/mol. The molecule has 29 heavy (non-hydrogen) atoms. The molecule has 154 valence electrons. The molecule has 2 aromatic carbocycles. The normalized spacial score (nSPS) is 12.7. The minimum atomic E-state index is -3.69. The third-order valence-electron chi connectivity index (χ3n) is 4.12. The number of aromatic nitrogens is 2. The lowest BCUT2D eigenvalue weighted by atomic mass is 10.1. The van der Waals surface area contributed by atoms with Crippen molar-refractivity contribution >= 4 is 48.1 Å². The third kappa shape index (κ3) is 5.53. The van der Waals surface area contributed by atoms with Crippen LogP contribution >= 0.6 is 27.3 Å². The number of benzene rings is 2. The number of methoxy groups -OCH3 is 1. The zero-order chi connectivity index (χ0) is 21.0. The van der Waals surface area contributed by atoms with Gasteiger partial charge in [-0.15, -0.1) is 10.2 Å². The van der Waals surface area contributed by atoms with Crippen LogP contribution in [0.2, 0.25) is 0 Å². The second-order valence-corrected chi connectivity index (χ2v) is 10.2. The van der Waals surface area contributed by atoms with Gasteiger partial charge in [0.15, 0.2) is 0 Å². The van der Waals surface area contributed by atoms with E-state index < -0.39 is 16.1 Å². The topological polar surface area (TPSA) is 93.2 Å². The van der Waals surface area contributed by atoms with Gasteiger partial charge in [-0.3, -0.25) is 0 Å². The fourth-order valence-electron chi connectivity index (χ4n) is 2.53. The van der Waals surface area contributed by atoms with Crippen LogP contribution in [0.1, 0.15) is 24.9 Å². The molecule has 0 saturated carbocycles. The zero-order valence-corrected chi connectivity index (χ0v) is 19.3. The second-order valence-electron chi connectivity index (χ2n) is 6.60. The highest BCUT2D eigenvalue weighted by atomic mass is 79.9. The molecule has 10 heteroatoms. The molecule has 1 atom stereocenters. The Morgan fingerprint density at radius 2 is 1.69 bits per heavy atom. The summed E-state index contributed by atoms with van der Waals surface area (Å²) < 4.78 is 34.3. The minimum absolute atomic E-state index is 0.0120. The maximum atomic E-state index is 12.8. The molecule has 1 unspecified atom stereocenters. The molecule has 3 aromatic rings. The Morgan fingerprint density at radius 3 is 2.28 bits per heavy atom. The summed E-state index contributed by atoms with van der Waals surface area (Å²) in [6, 6.07) is 13.4. The molecule has 0 radical (unpaired) electrons. The van der Waals surface area contributed by atoms with Gasteiger partial charge < -0.3 is 10.1 Å². The lowest BCUT2D eigenvalue weighted by Gasteiger charge is -2.19. The number of rotatable bonds is 8. The summed E-state index contributed by atoms with van der Waals surface area (Å²) in [6.45, 7) is 3.87. The van der Waals surface area contributed by atoms with Crippen LogP contribution in [0.3, 0.4) is 0 Å². The van der Waals surface area contributed by atoms with E-state index in [2.05, 4.69) is 36.2 Å². The molecule has 0 aliphatic rings. The Hall–Kier alpha value is -2.01. The van der Waals surface area contributed by atoms with Gasteiger partial charge in [-0.2, -0.15) is 0 Å². The van der Waals surface area contributed by atoms with Crippen LogP contribution in [0.25, 0.3) is 0 Å². The summed E-state index contributed by atoms with van der Waals surface area (Å²) in [4.78, 5) is 0.201. The molecule has 7 nitrogen and oxygen atoms in total. The molecule has 2 N–H and O–H groups in total. The Kier molecular flexibility index (Phi) is 6.89. The van der Waals surface area contributed by atoms with E-state index >= 15 is 0 Å². The first-order valence-electron chi connectivity index (χ1n) is 8.81. The summed E-state index contributed by atoms with van der Waals surface area (Å²) in [5, 5.41) is 12.7. The Bertz CT molecular complexity index is 1050. The second kappa shape index (κ2) is 9.21. The quantitative estimate of drug-likeness (QED) is 0.468. The van der Waals surface area contributed by atoms with Gasteiger partial charge in [0.1, 0.15) is 10.8 Å². The van der Waals surface area contributed by atoms with Crippen LogP contribution < -0.4 is 14.8 Å². The molecule has 0 amide bonds. The molecule has 0 aliphatic carbocycles. The molecular formula is C19H21BrN4O3S2. The molecule has 0 saturated heterocycles. The predicted molar refractivity (Wildman–Crippen MR) is 118 cm³/mol. The predicted octanol–water partition coefficient (Wildman–Crippen LogP) is 4.73. The SMILES string of the molecule is COc1ccc(Nc2nnc(C(NS(=O)(=O)c3ccc(Br)cc3)C(C)C)s2)cc1. The van der Waals surface area contributed by atoms with Crippen LogP contribution in [-0.4, -0.2) is 25.7 Å². The number of halogens is 1. The van der Waals surface area contributed by atoms with E-state index in [0.717, 1.165) is 15.9 Å². The van der Waals surface area contributed by atoms with Gasteiger partial charge in [-0.1, -0.05) is 41.1 Å². The minimum Gasteiger partial charge on any atom is -0.497 e. The number of hydrogen-bond acceptors (Lipinski definition) is 7. The number of nitrogens with one attached hydrogen (secondary N) is 2. The third-order valence-corrected chi connectivity index (χ3v) is 7.03. The Morgan fingerprint density at radius 1 is 1.03 bits per heavy atom. The largest absolute Gasteiger partial charge is 0.497 e. The van der Waals surface area contributed by atoms with Crippen molar-refractivity contribution in [2.75, 3.05) is 12.4 Å².